The Morgan fingerprint density at radius 1 is 1.43 bits per heavy atom. The number of carboxylic acid groups (broad SMARTS) is 1. The second-order valence-corrected chi connectivity index (χ2v) is 3.36. The standard InChI is InChI=1S/C9H11N3O2/c13-9(14)7-4-11-8(5-10-7)12-6-2-1-3-6/h4-6H,1-3H2,(H,11,12)(H,13,14). The Labute approximate surface area is 81.2 Å². The fourth-order valence-electron chi connectivity index (χ4n) is 1.27. The van der Waals surface area contributed by atoms with Gasteiger partial charge in [0.1, 0.15) is 5.82 Å². The summed E-state index contributed by atoms with van der Waals surface area (Å²) in [4.78, 5) is 18.2. The molecule has 1 fully saturated rings. The fourth-order valence-corrected chi connectivity index (χ4v) is 1.27. The van der Waals surface area contributed by atoms with Gasteiger partial charge in [-0.15, -0.1) is 0 Å². The predicted molar refractivity (Wildman–Crippen MR) is 50.3 cm³/mol. The number of carboxylic acids is 1. The van der Waals surface area contributed by atoms with E-state index < -0.39 is 5.97 Å². The molecule has 0 spiro atoms. The lowest BCUT2D eigenvalue weighted by Gasteiger charge is -2.26. The minimum Gasteiger partial charge on any atom is -0.476 e. The van der Waals surface area contributed by atoms with Crippen LogP contribution < -0.4 is 5.32 Å². The van der Waals surface area contributed by atoms with Crippen molar-refractivity contribution < 1.29 is 9.90 Å². The maximum atomic E-state index is 10.5. The topological polar surface area (TPSA) is 75.1 Å². The third kappa shape index (κ3) is 1.81. The summed E-state index contributed by atoms with van der Waals surface area (Å²) in [7, 11) is 0. The Bertz CT molecular complexity index is 332. The first-order valence-corrected chi connectivity index (χ1v) is 4.57. The summed E-state index contributed by atoms with van der Waals surface area (Å²) >= 11 is 0. The highest BCUT2D eigenvalue weighted by atomic mass is 16.4. The molecule has 2 N–H and O–H groups in total. The number of aromatic carboxylic acids is 1. The summed E-state index contributed by atoms with van der Waals surface area (Å²) in [6, 6.07) is 0.486. The minimum absolute atomic E-state index is 0.0239. The van der Waals surface area contributed by atoms with Gasteiger partial charge in [0, 0.05) is 6.04 Å². The molecule has 5 nitrogen and oxygen atoms in total. The number of anilines is 1. The van der Waals surface area contributed by atoms with Crippen LogP contribution in [0.3, 0.4) is 0 Å². The van der Waals surface area contributed by atoms with Crippen molar-refractivity contribution in [2.45, 2.75) is 25.3 Å². The monoisotopic (exact) mass is 193 g/mol. The molecule has 1 aromatic rings. The molecule has 0 aromatic carbocycles. The molecule has 0 radical (unpaired) electrons. The zero-order valence-corrected chi connectivity index (χ0v) is 7.60. The summed E-state index contributed by atoms with van der Waals surface area (Å²) < 4.78 is 0. The highest BCUT2D eigenvalue weighted by Gasteiger charge is 2.17. The summed E-state index contributed by atoms with van der Waals surface area (Å²) in [5.41, 5.74) is -0.0239. The molecule has 0 saturated heterocycles. The highest BCUT2D eigenvalue weighted by Crippen LogP contribution is 2.21. The van der Waals surface area contributed by atoms with Crippen LogP contribution in [0.5, 0.6) is 0 Å². The summed E-state index contributed by atoms with van der Waals surface area (Å²) in [5.74, 6) is -0.396. The first kappa shape index (κ1) is 8.93. The Kier molecular flexibility index (Phi) is 2.30. The van der Waals surface area contributed by atoms with Crippen molar-refractivity contribution in [3.8, 4) is 0 Å². The van der Waals surface area contributed by atoms with Crippen molar-refractivity contribution in [3.05, 3.63) is 18.1 Å². The first-order chi connectivity index (χ1) is 6.75. The molecule has 0 amide bonds. The second-order valence-electron chi connectivity index (χ2n) is 3.36. The highest BCUT2D eigenvalue weighted by molar-refractivity contribution is 5.84. The minimum atomic E-state index is -1.05. The number of aromatic nitrogens is 2. The van der Waals surface area contributed by atoms with Gasteiger partial charge in [0.2, 0.25) is 0 Å². The van der Waals surface area contributed by atoms with Crippen molar-refractivity contribution in [3.63, 3.8) is 0 Å². The average Bonchev–Trinajstić information content (AvgIpc) is 2.12. The lowest BCUT2D eigenvalue weighted by atomic mass is 9.93. The first-order valence-electron chi connectivity index (χ1n) is 4.57. The normalized spacial score (nSPS) is 16.0. The van der Waals surface area contributed by atoms with Crippen molar-refractivity contribution in [2.75, 3.05) is 5.32 Å². The fraction of sp³-hybridized carbons (Fsp3) is 0.444. The smallest absolute Gasteiger partial charge is 0.356 e. The van der Waals surface area contributed by atoms with E-state index in [9.17, 15) is 4.79 Å². The molecule has 0 atom stereocenters. The third-order valence-corrected chi connectivity index (χ3v) is 2.33. The molecule has 5 heteroatoms. The maximum Gasteiger partial charge on any atom is 0.356 e. The van der Waals surface area contributed by atoms with Crippen molar-refractivity contribution in [2.24, 2.45) is 0 Å². The van der Waals surface area contributed by atoms with Crippen LogP contribution >= 0.6 is 0 Å². The number of hydrogen-bond donors (Lipinski definition) is 2. The van der Waals surface area contributed by atoms with Crippen molar-refractivity contribution in [1.29, 1.82) is 0 Å². The van der Waals surface area contributed by atoms with E-state index in [0.29, 0.717) is 11.9 Å². The van der Waals surface area contributed by atoms with Gasteiger partial charge >= 0.3 is 5.97 Å². The predicted octanol–water partition coefficient (Wildman–Crippen LogP) is 1.14. The lowest BCUT2D eigenvalue weighted by molar-refractivity contribution is 0.0690. The quantitative estimate of drug-likeness (QED) is 0.752. The maximum absolute atomic E-state index is 10.5. The van der Waals surface area contributed by atoms with Crippen LogP contribution in [0.2, 0.25) is 0 Å². The average molecular weight is 193 g/mol. The van der Waals surface area contributed by atoms with Gasteiger partial charge in [-0.25, -0.2) is 14.8 Å². The van der Waals surface area contributed by atoms with Gasteiger partial charge in [-0.3, -0.25) is 0 Å². The molecule has 0 unspecified atom stereocenters. The Morgan fingerprint density at radius 2 is 2.21 bits per heavy atom. The van der Waals surface area contributed by atoms with Gasteiger partial charge in [-0.05, 0) is 19.3 Å². The number of nitrogens with zero attached hydrogens (tertiary/aromatic N) is 2. The summed E-state index contributed by atoms with van der Waals surface area (Å²) in [6.07, 6.45) is 6.29. The number of rotatable bonds is 3. The molecule has 74 valence electrons. The molecule has 1 heterocycles. The summed E-state index contributed by atoms with van der Waals surface area (Å²) in [5, 5.41) is 11.8. The van der Waals surface area contributed by atoms with E-state index in [2.05, 4.69) is 15.3 Å². The van der Waals surface area contributed by atoms with E-state index in [-0.39, 0.29) is 5.69 Å². The van der Waals surface area contributed by atoms with Gasteiger partial charge in [-0.1, -0.05) is 0 Å². The van der Waals surface area contributed by atoms with Crippen LogP contribution in [0, 0.1) is 0 Å². The van der Waals surface area contributed by atoms with Crippen LogP contribution in [0.25, 0.3) is 0 Å². The SMILES string of the molecule is O=C(O)c1cnc(NC2CCC2)cn1. The zero-order chi connectivity index (χ0) is 9.97. The van der Waals surface area contributed by atoms with Crippen molar-refractivity contribution >= 4 is 11.8 Å². The number of nitrogens with one attached hydrogen (secondary N) is 1. The largest absolute Gasteiger partial charge is 0.476 e. The van der Waals surface area contributed by atoms with Crippen LogP contribution in [0.4, 0.5) is 5.82 Å². The Balaban J connectivity index is 2.01. The number of carbonyl (C=O) groups is 1. The van der Waals surface area contributed by atoms with Gasteiger partial charge in [-0.2, -0.15) is 0 Å². The van der Waals surface area contributed by atoms with E-state index in [4.69, 9.17) is 5.11 Å². The van der Waals surface area contributed by atoms with Crippen LogP contribution in [0.1, 0.15) is 29.8 Å². The van der Waals surface area contributed by atoms with Gasteiger partial charge in [0.05, 0.1) is 12.4 Å². The van der Waals surface area contributed by atoms with E-state index in [0.717, 1.165) is 12.8 Å². The zero-order valence-electron chi connectivity index (χ0n) is 7.60. The molecule has 14 heavy (non-hydrogen) atoms. The molecule has 1 aliphatic rings. The molecule has 1 aliphatic carbocycles. The molecule has 1 saturated carbocycles. The molecular formula is C9H11N3O2. The molecular weight excluding hydrogens is 182 g/mol. The molecule has 2 rings (SSSR count). The molecule has 1 aromatic heterocycles. The Hall–Kier alpha value is -1.65. The lowest BCUT2D eigenvalue weighted by Crippen LogP contribution is -2.27. The van der Waals surface area contributed by atoms with Gasteiger partial charge in [0.25, 0.3) is 0 Å². The van der Waals surface area contributed by atoms with E-state index in [1.165, 1.54) is 18.8 Å². The number of hydrogen-bond acceptors (Lipinski definition) is 4. The van der Waals surface area contributed by atoms with Crippen LogP contribution in [0.15, 0.2) is 12.4 Å². The van der Waals surface area contributed by atoms with Crippen LogP contribution in [-0.2, 0) is 0 Å². The van der Waals surface area contributed by atoms with E-state index in [1.54, 1.807) is 0 Å². The second kappa shape index (κ2) is 3.61. The van der Waals surface area contributed by atoms with Crippen LogP contribution in [-0.4, -0.2) is 27.1 Å². The summed E-state index contributed by atoms with van der Waals surface area (Å²) in [6.45, 7) is 0. The third-order valence-electron chi connectivity index (χ3n) is 2.33. The van der Waals surface area contributed by atoms with E-state index >= 15 is 0 Å². The van der Waals surface area contributed by atoms with E-state index in [1.807, 2.05) is 0 Å². The van der Waals surface area contributed by atoms with Crippen molar-refractivity contribution in [1.82, 2.24) is 9.97 Å². The van der Waals surface area contributed by atoms with Gasteiger partial charge in [0.15, 0.2) is 5.69 Å². The molecule has 0 bridgehead atoms. The van der Waals surface area contributed by atoms with Gasteiger partial charge < -0.3 is 10.4 Å². The molecule has 0 aliphatic heterocycles. The Morgan fingerprint density at radius 3 is 2.64 bits per heavy atom.